The number of nitro benzene ring substituents is 1. The van der Waals surface area contributed by atoms with Gasteiger partial charge in [-0.15, -0.1) is 0 Å². The first-order valence-corrected chi connectivity index (χ1v) is 10.0. The number of aryl methyl sites for hydroxylation is 2. The van der Waals surface area contributed by atoms with Crippen LogP contribution in [0.4, 0.5) is 11.4 Å². The van der Waals surface area contributed by atoms with E-state index < -0.39 is 27.0 Å². The Hall–Kier alpha value is -2.94. The molecule has 2 rings (SSSR count). The van der Waals surface area contributed by atoms with Gasteiger partial charge in [-0.2, -0.15) is 0 Å². The van der Waals surface area contributed by atoms with Crippen molar-refractivity contribution in [3.05, 3.63) is 63.7 Å². The topological polar surface area (TPSA) is 107 Å². The van der Waals surface area contributed by atoms with Crippen molar-refractivity contribution in [2.24, 2.45) is 0 Å². The average molecular weight is 406 g/mol. The molecule has 8 nitrogen and oxygen atoms in total. The normalized spacial score (nSPS) is 12.3. The second-order valence-corrected chi connectivity index (χ2v) is 8.00. The van der Waals surface area contributed by atoms with Crippen LogP contribution in [0.15, 0.2) is 47.4 Å². The Kier molecular flexibility index (Phi) is 6.40. The van der Waals surface area contributed by atoms with Gasteiger partial charge in [-0.25, -0.2) is 13.2 Å². The first-order valence-electron chi connectivity index (χ1n) is 8.60. The number of nitro groups is 1. The van der Waals surface area contributed by atoms with Crippen molar-refractivity contribution in [3.63, 3.8) is 0 Å². The molecule has 0 amide bonds. The lowest BCUT2D eigenvalue weighted by molar-refractivity contribution is -0.384. The van der Waals surface area contributed by atoms with Crippen LogP contribution in [-0.4, -0.2) is 32.5 Å². The third-order valence-electron chi connectivity index (χ3n) is 4.42. The summed E-state index contributed by atoms with van der Waals surface area (Å²) in [5.41, 5.74) is 1.61. The van der Waals surface area contributed by atoms with Crippen molar-refractivity contribution >= 4 is 27.4 Å². The Morgan fingerprint density at radius 3 is 2.32 bits per heavy atom. The standard InChI is InChI=1S/C19H22N2O6S/c1-5-15-8-6-7-13(2)18(15)20(14(3)19(22)27-4)28(25,26)17-11-9-16(10-12-17)21(23)24/h6-12,14H,5H2,1-4H3/t14-/m0/s1. The lowest BCUT2D eigenvalue weighted by Gasteiger charge is -2.31. The number of rotatable bonds is 7. The predicted octanol–water partition coefficient (Wildman–Crippen LogP) is 3.22. The van der Waals surface area contributed by atoms with Crippen LogP contribution in [-0.2, 0) is 26.0 Å². The smallest absolute Gasteiger partial charge is 0.329 e. The van der Waals surface area contributed by atoms with E-state index in [9.17, 15) is 23.3 Å². The van der Waals surface area contributed by atoms with Crippen LogP contribution in [0.1, 0.15) is 25.0 Å². The fraction of sp³-hybridized carbons (Fsp3) is 0.316. The molecule has 0 N–H and O–H groups in total. The maximum absolute atomic E-state index is 13.4. The van der Waals surface area contributed by atoms with Crippen molar-refractivity contribution in [3.8, 4) is 0 Å². The number of methoxy groups -OCH3 is 1. The highest BCUT2D eigenvalue weighted by atomic mass is 32.2. The molecular weight excluding hydrogens is 384 g/mol. The summed E-state index contributed by atoms with van der Waals surface area (Å²) in [6, 6.07) is 8.80. The van der Waals surface area contributed by atoms with Gasteiger partial charge in [-0.1, -0.05) is 25.1 Å². The summed E-state index contributed by atoms with van der Waals surface area (Å²) in [6.07, 6.45) is 0.553. The largest absolute Gasteiger partial charge is 0.467 e. The Labute approximate surface area is 163 Å². The highest BCUT2D eigenvalue weighted by Crippen LogP contribution is 2.33. The van der Waals surface area contributed by atoms with Gasteiger partial charge in [0.2, 0.25) is 0 Å². The molecule has 0 radical (unpaired) electrons. The Morgan fingerprint density at radius 2 is 1.82 bits per heavy atom. The number of sulfonamides is 1. The number of carbonyl (C=O) groups excluding carboxylic acids is 1. The van der Waals surface area contributed by atoms with Crippen LogP contribution in [0.3, 0.4) is 0 Å². The number of hydrogen-bond donors (Lipinski definition) is 0. The summed E-state index contributed by atoms with van der Waals surface area (Å²) in [6.45, 7) is 5.09. The van der Waals surface area contributed by atoms with Crippen LogP contribution >= 0.6 is 0 Å². The Morgan fingerprint density at radius 1 is 1.21 bits per heavy atom. The van der Waals surface area contributed by atoms with Crippen LogP contribution < -0.4 is 4.31 Å². The van der Waals surface area contributed by atoms with Crippen molar-refractivity contribution in [1.82, 2.24) is 0 Å². The number of benzene rings is 2. The van der Waals surface area contributed by atoms with Gasteiger partial charge in [-0.05, 0) is 43.5 Å². The minimum absolute atomic E-state index is 0.154. The number of para-hydroxylation sites is 1. The third kappa shape index (κ3) is 3.99. The van der Waals surface area contributed by atoms with Crippen LogP contribution in [0.5, 0.6) is 0 Å². The molecule has 0 unspecified atom stereocenters. The van der Waals surface area contributed by atoms with Crippen molar-refractivity contribution in [1.29, 1.82) is 0 Å². The highest BCUT2D eigenvalue weighted by Gasteiger charge is 2.36. The Balaban J connectivity index is 2.72. The van der Waals surface area contributed by atoms with Gasteiger partial charge >= 0.3 is 5.97 Å². The molecule has 0 saturated carbocycles. The number of hydrogen-bond acceptors (Lipinski definition) is 6. The van der Waals surface area contributed by atoms with E-state index in [1.165, 1.54) is 14.0 Å². The van der Waals surface area contributed by atoms with Crippen LogP contribution in [0.2, 0.25) is 0 Å². The van der Waals surface area contributed by atoms with E-state index in [0.29, 0.717) is 17.7 Å². The molecule has 0 aliphatic heterocycles. The quantitative estimate of drug-likeness (QED) is 0.397. The summed E-state index contributed by atoms with van der Waals surface area (Å²) in [4.78, 5) is 22.3. The zero-order valence-electron chi connectivity index (χ0n) is 16.1. The molecule has 0 saturated heterocycles. The molecule has 0 aliphatic rings. The van der Waals surface area contributed by atoms with Gasteiger partial charge in [0.1, 0.15) is 6.04 Å². The van der Waals surface area contributed by atoms with E-state index in [-0.39, 0.29) is 10.6 Å². The number of carbonyl (C=O) groups is 1. The van der Waals surface area contributed by atoms with E-state index in [4.69, 9.17) is 4.74 Å². The van der Waals surface area contributed by atoms with Crippen molar-refractivity contribution in [2.45, 2.75) is 38.1 Å². The van der Waals surface area contributed by atoms with Gasteiger partial charge in [-0.3, -0.25) is 14.4 Å². The maximum Gasteiger partial charge on any atom is 0.329 e. The molecule has 0 aliphatic carbocycles. The molecule has 2 aromatic carbocycles. The van der Waals surface area contributed by atoms with E-state index in [0.717, 1.165) is 34.1 Å². The number of ether oxygens (including phenoxy) is 1. The van der Waals surface area contributed by atoms with E-state index in [1.807, 2.05) is 13.0 Å². The van der Waals surface area contributed by atoms with E-state index >= 15 is 0 Å². The zero-order chi connectivity index (χ0) is 21.1. The van der Waals surface area contributed by atoms with Crippen LogP contribution in [0, 0.1) is 17.0 Å². The molecule has 0 spiro atoms. The molecule has 0 fully saturated rings. The average Bonchev–Trinajstić information content (AvgIpc) is 2.68. The highest BCUT2D eigenvalue weighted by molar-refractivity contribution is 7.93. The fourth-order valence-corrected chi connectivity index (χ4v) is 4.67. The summed E-state index contributed by atoms with van der Waals surface area (Å²) < 4.78 is 32.7. The molecule has 0 bridgehead atoms. The number of non-ortho nitro benzene ring substituents is 1. The van der Waals surface area contributed by atoms with Crippen molar-refractivity contribution in [2.75, 3.05) is 11.4 Å². The van der Waals surface area contributed by atoms with Crippen LogP contribution in [0.25, 0.3) is 0 Å². The first kappa shape index (κ1) is 21.4. The second-order valence-electron chi connectivity index (χ2n) is 6.19. The summed E-state index contributed by atoms with van der Waals surface area (Å²) in [7, 11) is -3.01. The molecule has 0 heterocycles. The van der Waals surface area contributed by atoms with Gasteiger partial charge in [0.05, 0.1) is 22.6 Å². The minimum Gasteiger partial charge on any atom is -0.467 e. The van der Waals surface area contributed by atoms with Gasteiger partial charge < -0.3 is 4.74 Å². The monoisotopic (exact) mass is 406 g/mol. The van der Waals surface area contributed by atoms with Crippen molar-refractivity contribution < 1.29 is 22.9 Å². The predicted molar refractivity (Wildman–Crippen MR) is 105 cm³/mol. The second kappa shape index (κ2) is 8.39. The maximum atomic E-state index is 13.4. The van der Waals surface area contributed by atoms with E-state index in [2.05, 4.69) is 0 Å². The summed E-state index contributed by atoms with van der Waals surface area (Å²) in [5.74, 6) is -0.712. The molecule has 2 aromatic rings. The molecule has 28 heavy (non-hydrogen) atoms. The van der Waals surface area contributed by atoms with Gasteiger partial charge in [0.15, 0.2) is 0 Å². The Bertz CT molecular complexity index is 986. The summed E-state index contributed by atoms with van der Waals surface area (Å²) in [5, 5.41) is 10.9. The first-order chi connectivity index (χ1) is 13.1. The van der Waals surface area contributed by atoms with Gasteiger partial charge in [0.25, 0.3) is 15.7 Å². The molecule has 9 heteroatoms. The van der Waals surface area contributed by atoms with Gasteiger partial charge in [0, 0.05) is 12.1 Å². The minimum atomic E-state index is -4.20. The van der Waals surface area contributed by atoms with E-state index in [1.54, 1.807) is 19.1 Å². The molecular formula is C19H22N2O6S. The summed E-state index contributed by atoms with van der Waals surface area (Å²) >= 11 is 0. The number of anilines is 1. The zero-order valence-corrected chi connectivity index (χ0v) is 16.9. The fourth-order valence-electron chi connectivity index (χ4n) is 2.96. The number of nitrogens with zero attached hydrogens (tertiary/aromatic N) is 2. The number of esters is 1. The SMILES string of the molecule is CCc1cccc(C)c1N([C@@H](C)C(=O)OC)S(=O)(=O)c1ccc([N+](=O)[O-])cc1. The molecule has 1 atom stereocenters. The lowest BCUT2D eigenvalue weighted by Crippen LogP contribution is -2.44. The molecule has 0 aromatic heterocycles. The third-order valence-corrected chi connectivity index (χ3v) is 6.31. The lowest BCUT2D eigenvalue weighted by atomic mass is 10.1. The molecule has 150 valence electrons.